The number of nitrogens with one attached hydrogen (secondary N) is 1. The fraction of sp³-hybridized carbons (Fsp3) is 0.250. The number of hydrogen-bond acceptors (Lipinski definition) is 2. The van der Waals surface area contributed by atoms with Crippen LogP contribution in [0.4, 0.5) is 4.39 Å². The number of rotatable bonds is 6. The Balaban J connectivity index is 1.89. The quantitative estimate of drug-likeness (QED) is 0.792. The largest absolute Gasteiger partial charge is 0.313 e. The molecule has 19 heavy (non-hydrogen) atoms. The summed E-state index contributed by atoms with van der Waals surface area (Å²) in [5.41, 5.74) is 2.30. The molecule has 0 heterocycles. The zero-order valence-electron chi connectivity index (χ0n) is 11.0. The lowest BCUT2D eigenvalue weighted by atomic mass is 10.2. The molecular weight excluding hydrogens is 257 g/mol. The van der Waals surface area contributed by atoms with E-state index in [0.717, 1.165) is 24.4 Å². The summed E-state index contributed by atoms with van der Waals surface area (Å²) in [5, 5.41) is 3.30. The first kappa shape index (κ1) is 14.1. The zero-order valence-corrected chi connectivity index (χ0v) is 11.8. The van der Waals surface area contributed by atoms with E-state index in [1.807, 2.05) is 6.07 Å². The van der Waals surface area contributed by atoms with Crippen LogP contribution in [0, 0.1) is 5.82 Å². The van der Waals surface area contributed by atoms with Crippen molar-refractivity contribution < 1.29 is 4.39 Å². The molecule has 0 fully saturated rings. The van der Waals surface area contributed by atoms with E-state index in [1.54, 1.807) is 23.9 Å². The molecule has 100 valence electrons. The Morgan fingerprint density at radius 3 is 2.53 bits per heavy atom. The van der Waals surface area contributed by atoms with Gasteiger partial charge in [0.05, 0.1) is 0 Å². The number of halogens is 1. The highest BCUT2D eigenvalue weighted by Gasteiger charge is 1.99. The highest BCUT2D eigenvalue weighted by atomic mass is 32.2. The maximum Gasteiger partial charge on any atom is 0.123 e. The normalized spacial score (nSPS) is 10.6. The Hall–Kier alpha value is -1.32. The fourth-order valence-corrected chi connectivity index (χ4v) is 2.61. The van der Waals surface area contributed by atoms with E-state index < -0.39 is 0 Å². The van der Waals surface area contributed by atoms with Crippen LogP contribution in [0.1, 0.15) is 18.1 Å². The smallest absolute Gasteiger partial charge is 0.123 e. The Labute approximate surface area is 118 Å². The van der Waals surface area contributed by atoms with E-state index >= 15 is 0 Å². The van der Waals surface area contributed by atoms with Crippen LogP contribution in [0.25, 0.3) is 0 Å². The first-order valence-electron chi connectivity index (χ1n) is 6.45. The van der Waals surface area contributed by atoms with Crippen molar-refractivity contribution in [3.63, 3.8) is 0 Å². The molecule has 0 radical (unpaired) electrons. The molecule has 0 bridgehead atoms. The average molecular weight is 275 g/mol. The van der Waals surface area contributed by atoms with Crippen molar-refractivity contribution >= 4 is 11.8 Å². The topological polar surface area (TPSA) is 12.0 Å². The molecule has 2 rings (SSSR count). The van der Waals surface area contributed by atoms with Crippen LogP contribution < -0.4 is 5.32 Å². The minimum absolute atomic E-state index is 0.168. The second-order valence-electron chi connectivity index (χ2n) is 4.34. The molecule has 0 unspecified atom stereocenters. The van der Waals surface area contributed by atoms with Gasteiger partial charge in [0.1, 0.15) is 5.82 Å². The fourth-order valence-electron chi connectivity index (χ4n) is 1.77. The minimum Gasteiger partial charge on any atom is -0.313 e. The Bertz CT molecular complexity index is 510. The third-order valence-electron chi connectivity index (χ3n) is 2.80. The van der Waals surface area contributed by atoms with Gasteiger partial charge in [-0.1, -0.05) is 31.2 Å². The van der Waals surface area contributed by atoms with E-state index in [-0.39, 0.29) is 5.82 Å². The van der Waals surface area contributed by atoms with Gasteiger partial charge in [-0.25, -0.2) is 4.39 Å². The zero-order chi connectivity index (χ0) is 13.5. The van der Waals surface area contributed by atoms with E-state index in [9.17, 15) is 4.39 Å². The van der Waals surface area contributed by atoms with Crippen LogP contribution in [0.2, 0.25) is 0 Å². The average Bonchev–Trinajstić information content (AvgIpc) is 2.44. The molecule has 3 heteroatoms. The first-order valence-corrected chi connectivity index (χ1v) is 7.43. The predicted octanol–water partition coefficient (Wildman–Crippen LogP) is 4.23. The molecule has 0 saturated heterocycles. The van der Waals surface area contributed by atoms with Crippen molar-refractivity contribution in [2.45, 2.75) is 24.1 Å². The van der Waals surface area contributed by atoms with Crippen molar-refractivity contribution in [3.05, 3.63) is 65.5 Å². The summed E-state index contributed by atoms with van der Waals surface area (Å²) in [6.07, 6.45) is 0. The van der Waals surface area contributed by atoms with Crippen LogP contribution >= 0.6 is 11.8 Å². The van der Waals surface area contributed by atoms with Gasteiger partial charge in [-0.2, -0.15) is 0 Å². The molecule has 0 aromatic heterocycles. The van der Waals surface area contributed by atoms with E-state index in [1.165, 1.54) is 16.5 Å². The molecule has 0 saturated carbocycles. The monoisotopic (exact) mass is 275 g/mol. The molecule has 0 aliphatic carbocycles. The standard InChI is InChI=1S/C16H18FNS/c1-2-18-11-13-6-8-16(9-7-13)19-12-14-4-3-5-15(17)10-14/h3-10,18H,2,11-12H2,1H3. The van der Waals surface area contributed by atoms with Gasteiger partial charge in [-0.15, -0.1) is 11.8 Å². The van der Waals surface area contributed by atoms with Gasteiger partial charge in [0.15, 0.2) is 0 Å². The van der Waals surface area contributed by atoms with Crippen LogP contribution in [0.3, 0.4) is 0 Å². The SMILES string of the molecule is CCNCc1ccc(SCc2cccc(F)c2)cc1. The molecule has 2 aromatic carbocycles. The molecule has 0 aliphatic rings. The lowest BCUT2D eigenvalue weighted by molar-refractivity contribution is 0.626. The molecule has 1 nitrogen and oxygen atoms in total. The predicted molar refractivity (Wildman–Crippen MR) is 79.8 cm³/mol. The molecule has 0 aliphatic heterocycles. The van der Waals surface area contributed by atoms with Crippen molar-refractivity contribution in [1.29, 1.82) is 0 Å². The van der Waals surface area contributed by atoms with Crippen molar-refractivity contribution in [1.82, 2.24) is 5.32 Å². The third-order valence-corrected chi connectivity index (χ3v) is 3.88. The summed E-state index contributed by atoms with van der Waals surface area (Å²) in [4.78, 5) is 1.21. The maximum absolute atomic E-state index is 13.0. The van der Waals surface area contributed by atoms with Gasteiger partial charge < -0.3 is 5.32 Å². The lowest BCUT2D eigenvalue weighted by Crippen LogP contribution is -2.11. The number of hydrogen-bond donors (Lipinski definition) is 1. The summed E-state index contributed by atoms with van der Waals surface area (Å²) in [7, 11) is 0. The van der Waals surface area contributed by atoms with Crippen LogP contribution in [-0.2, 0) is 12.3 Å². The second-order valence-corrected chi connectivity index (χ2v) is 5.39. The van der Waals surface area contributed by atoms with Crippen LogP contribution in [-0.4, -0.2) is 6.54 Å². The van der Waals surface area contributed by atoms with E-state index in [2.05, 4.69) is 36.5 Å². The highest BCUT2D eigenvalue weighted by molar-refractivity contribution is 7.98. The molecule has 0 spiro atoms. The van der Waals surface area contributed by atoms with E-state index in [0.29, 0.717) is 0 Å². The highest BCUT2D eigenvalue weighted by Crippen LogP contribution is 2.23. The van der Waals surface area contributed by atoms with E-state index in [4.69, 9.17) is 0 Å². The van der Waals surface area contributed by atoms with Crippen molar-refractivity contribution in [2.75, 3.05) is 6.54 Å². The molecule has 1 N–H and O–H groups in total. The van der Waals surface area contributed by atoms with Gasteiger partial charge in [-0.3, -0.25) is 0 Å². The van der Waals surface area contributed by atoms with Gasteiger partial charge in [0.25, 0.3) is 0 Å². The van der Waals surface area contributed by atoms with Crippen LogP contribution in [0.5, 0.6) is 0 Å². The molecule has 2 aromatic rings. The summed E-state index contributed by atoms with van der Waals surface area (Å²) >= 11 is 1.73. The molecule has 0 atom stereocenters. The van der Waals surface area contributed by atoms with Gasteiger partial charge in [0.2, 0.25) is 0 Å². The third kappa shape index (κ3) is 4.69. The first-order chi connectivity index (χ1) is 9.28. The van der Waals surface area contributed by atoms with Gasteiger partial charge in [0, 0.05) is 17.2 Å². The Morgan fingerprint density at radius 2 is 1.84 bits per heavy atom. The summed E-state index contributed by atoms with van der Waals surface area (Å²) < 4.78 is 13.0. The summed E-state index contributed by atoms with van der Waals surface area (Å²) in [6, 6.07) is 15.3. The number of benzene rings is 2. The number of thioether (sulfide) groups is 1. The van der Waals surface area contributed by atoms with Crippen molar-refractivity contribution in [3.8, 4) is 0 Å². The molecular formula is C16H18FNS. The lowest BCUT2D eigenvalue weighted by Gasteiger charge is -2.05. The Morgan fingerprint density at radius 1 is 1.05 bits per heavy atom. The second kappa shape index (κ2) is 7.31. The minimum atomic E-state index is -0.168. The summed E-state index contributed by atoms with van der Waals surface area (Å²) in [5.74, 6) is 0.628. The van der Waals surface area contributed by atoms with Crippen LogP contribution in [0.15, 0.2) is 53.4 Å². The summed E-state index contributed by atoms with van der Waals surface area (Å²) in [6.45, 7) is 3.99. The van der Waals surface area contributed by atoms with Gasteiger partial charge in [-0.05, 0) is 41.9 Å². The molecule has 0 amide bonds. The Kier molecular flexibility index (Phi) is 5.43. The maximum atomic E-state index is 13.0. The van der Waals surface area contributed by atoms with Gasteiger partial charge >= 0.3 is 0 Å². The van der Waals surface area contributed by atoms with Crippen molar-refractivity contribution in [2.24, 2.45) is 0 Å².